The number of carbonyl (C=O) groups is 1. The Labute approximate surface area is 156 Å². The van der Waals surface area contributed by atoms with Crippen LogP contribution >= 0.6 is 0 Å². The summed E-state index contributed by atoms with van der Waals surface area (Å²) in [5.41, 5.74) is 2.02. The molecule has 27 heavy (non-hydrogen) atoms. The minimum atomic E-state index is -0.350. The van der Waals surface area contributed by atoms with Gasteiger partial charge >= 0.3 is 0 Å². The minimum absolute atomic E-state index is 0.135. The van der Waals surface area contributed by atoms with Crippen LogP contribution in [0, 0.1) is 12.7 Å². The van der Waals surface area contributed by atoms with E-state index >= 15 is 0 Å². The Hall–Kier alpha value is -3.03. The van der Waals surface area contributed by atoms with Crippen LogP contribution < -0.4 is 4.90 Å². The molecule has 8 heteroatoms. The molecule has 140 valence electrons. The number of amides is 1. The van der Waals surface area contributed by atoms with Gasteiger partial charge in [0.05, 0.1) is 0 Å². The molecule has 4 rings (SSSR count). The summed E-state index contributed by atoms with van der Waals surface area (Å²) in [6, 6.07) is 6.69. The first-order valence-corrected chi connectivity index (χ1v) is 9.07. The summed E-state index contributed by atoms with van der Waals surface area (Å²) >= 11 is 0. The zero-order valence-electron chi connectivity index (χ0n) is 15.4. The van der Waals surface area contributed by atoms with Crippen LogP contribution in [0.5, 0.6) is 0 Å². The summed E-state index contributed by atoms with van der Waals surface area (Å²) in [6.07, 6.45) is 2.52. The second-order valence-electron chi connectivity index (χ2n) is 6.70. The average Bonchev–Trinajstić information content (AvgIpc) is 3.17. The number of fused-ring (bicyclic) bond motifs is 1. The van der Waals surface area contributed by atoms with Gasteiger partial charge in [0.25, 0.3) is 11.7 Å². The van der Waals surface area contributed by atoms with Gasteiger partial charge in [-0.15, -0.1) is 10.2 Å². The lowest BCUT2D eigenvalue weighted by Crippen LogP contribution is -2.49. The van der Waals surface area contributed by atoms with Gasteiger partial charge in [-0.25, -0.2) is 4.39 Å². The van der Waals surface area contributed by atoms with Crippen LogP contribution in [0.3, 0.4) is 0 Å². The van der Waals surface area contributed by atoms with Gasteiger partial charge in [0.15, 0.2) is 0 Å². The van der Waals surface area contributed by atoms with Gasteiger partial charge in [0.1, 0.15) is 18.0 Å². The molecule has 1 aliphatic heterocycles. The number of aryl methyl sites for hydroxylation is 2. The molecule has 0 N–H and O–H groups in total. The normalized spacial score (nSPS) is 14.8. The molecular weight excluding hydrogens is 347 g/mol. The van der Waals surface area contributed by atoms with Crippen molar-refractivity contribution < 1.29 is 9.18 Å². The van der Waals surface area contributed by atoms with Crippen LogP contribution in [-0.2, 0) is 6.42 Å². The van der Waals surface area contributed by atoms with E-state index in [1.165, 1.54) is 6.07 Å². The quantitative estimate of drug-likeness (QED) is 0.708. The van der Waals surface area contributed by atoms with Crippen LogP contribution in [0.25, 0.3) is 5.78 Å². The van der Waals surface area contributed by atoms with E-state index in [1.807, 2.05) is 10.5 Å². The Bertz CT molecular complexity index is 993. The van der Waals surface area contributed by atoms with Gasteiger partial charge in [-0.2, -0.15) is 4.98 Å². The molecule has 0 radical (unpaired) electrons. The van der Waals surface area contributed by atoms with Crippen LogP contribution in [0.1, 0.15) is 28.5 Å². The smallest absolute Gasteiger partial charge is 0.256 e. The summed E-state index contributed by atoms with van der Waals surface area (Å²) in [6.45, 7) is 6.23. The SMILES string of the molecule is CCc1cc(N2CCN(C(=O)c3ccc(C)c(F)c3)CC2)nc2nncn12. The van der Waals surface area contributed by atoms with E-state index in [0.717, 1.165) is 17.9 Å². The number of benzene rings is 1. The molecule has 0 spiro atoms. The largest absolute Gasteiger partial charge is 0.353 e. The van der Waals surface area contributed by atoms with E-state index in [2.05, 4.69) is 27.0 Å². The van der Waals surface area contributed by atoms with Gasteiger partial charge in [-0.3, -0.25) is 9.20 Å². The Morgan fingerprint density at radius 2 is 1.96 bits per heavy atom. The highest BCUT2D eigenvalue weighted by Crippen LogP contribution is 2.19. The van der Waals surface area contributed by atoms with Crippen LogP contribution in [0.15, 0.2) is 30.6 Å². The fourth-order valence-electron chi connectivity index (χ4n) is 3.34. The van der Waals surface area contributed by atoms with Crippen molar-refractivity contribution >= 4 is 17.5 Å². The molecule has 3 aromatic rings. The van der Waals surface area contributed by atoms with E-state index in [0.29, 0.717) is 43.1 Å². The molecule has 1 aliphatic rings. The monoisotopic (exact) mass is 368 g/mol. The van der Waals surface area contributed by atoms with Crippen molar-refractivity contribution in [3.05, 3.63) is 53.2 Å². The van der Waals surface area contributed by atoms with Crippen LogP contribution in [-0.4, -0.2) is 56.6 Å². The van der Waals surface area contributed by atoms with Crippen molar-refractivity contribution in [3.8, 4) is 0 Å². The predicted octanol–water partition coefficient (Wildman–Crippen LogP) is 2.10. The lowest BCUT2D eigenvalue weighted by atomic mass is 10.1. The van der Waals surface area contributed by atoms with E-state index < -0.39 is 0 Å². The fourth-order valence-corrected chi connectivity index (χ4v) is 3.34. The number of carbonyl (C=O) groups excluding carboxylic acids is 1. The maximum absolute atomic E-state index is 13.8. The summed E-state index contributed by atoms with van der Waals surface area (Å²) < 4.78 is 15.6. The maximum atomic E-state index is 13.8. The standard InChI is InChI=1S/C19H21FN6O/c1-3-15-11-17(22-19-23-21-12-26(15)19)24-6-8-25(9-7-24)18(27)14-5-4-13(2)16(20)10-14/h4-5,10-12H,3,6-9H2,1-2H3. The van der Waals surface area contributed by atoms with E-state index in [1.54, 1.807) is 30.3 Å². The lowest BCUT2D eigenvalue weighted by Gasteiger charge is -2.35. The highest BCUT2D eigenvalue weighted by molar-refractivity contribution is 5.94. The van der Waals surface area contributed by atoms with Gasteiger partial charge in [-0.1, -0.05) is 13.0 Å². The second-order valence-corrected chi connectivity index (χ2v) is 6.70. The molecule has 7 nitrogen and oxygen atoms in total. The maximum Gasteiger partial charge on any atom is 0.256 e. The Kier molecular flexibility index (Phi) is 4.47. The predicted molar refractivity (Wildman–Crippen MR) is 99.4 cm³/mol. The van der Waals surface area contributed by atoms with Crippen molar-refractivity contribution in [1.29, 1.82) is 0 Å². The van der Waals surface area contributed by atoms with Gasteiger partial charge < -0.3 is 9.80 Å². The molecule has 1 amide bonds. The molecule has 0 aliphatic carbocycles. The topological polar surface area (TPSA) is 66.6 Å². The van der Waals surface area contributed by atoms with E-state index in [-0.39, 0.29) is 11.7 Å². The first kappa shape index (κ1) is 17.4. The fraction of sp³-hybridized carbons (Fsp3) is 0.368. The number of nitrogens with zero attached hydrogens (tertiary/aromatic N) is 6. The van der Waals surface area contributed by atoms with Crippen molar-refractivity contribution in [3.63, 3.8) is 0 Å². The number of hydrogen-bond donors (Lipinski definition) is 0. The third kappa shape index (κ3) is 3.22. The van der Waals surface area contributed by atoms with Gasteiger partial charge in [-0.05, 0) is 31.0 Å². The molecule has 1 saturated heterocycles. The zero-order valence-corrected chi connectivity index (χ0v) is 15.4. The number of halogens is 1. The van der Waals surface area contributed by atoms with Crippen molar-refractivity contribution in [2.24, 2.45) is 0 Å². The lowest BCUT2D eigenvalue weighted by molar-refractivity contribution is 0.0746. The van der Waals surface area contributed by atoms with Crippen molar-refractivity contribution in [2.45, 2.75) is 20.3 Å². The molecule has 0 bridgehead atoms. The van der Waals surface area contributed by atoms with Gasteiger partial charge in [0, 0.05) is 43.5 Å². The number of hydrogen-bond acceptors (Lipinski definition) is 5. The van der Waals surface area contributed by atoms with E-state index in [9.17, 15) is 9.18 Å². The van der Waals surface area contributed by atoms with Crippen molar-refractivity contribution in [2.75, 3.05) is 31.1 Å². The Balaban J connectivity index is 1.48. The zero-order chi connectivity index (χ0) is 19.0. The first-order valence-electron chi connectivity index (χ1n) is 9.07. The second kappa shape index (κ2) is 6.94. The van der Waals surface area contributed by atoms with E-state index in [4.69, 9.17) is 0 Å². The minimum Gasteiger partial charge on any atom is -0.353 e. The summed E-state index contributed by atoms with van der Waals surface area (Å²) in [5, 5.41) is 7.98. The van der Waals surface area contributed by atoms with Gasteiger partial charge in [0.2, 0.25) is 0 Å². The molecule has 0 saturated carbocycles. The van der Waals surface area contributed by atoms with Crippen molar-refractivity contribution in [1.82, 2.24) is 24.5 Å². The highest BCUT2D eigenvalue weighted by Gasteiger charge is 2.24. The van der Waals surface area contributed by atoms with Crippen LogP contribution in [0.2, 0.25) is 0 Å². The Morgan fingerprint density at radius 1 is 1.19 bits per heavy atom. The first-order chi connectivity index (χ1) is 13.1. The molecule has 1 fully saturated rings. The average molecular weight is 368 g/mol. The number of anilines is 1. The summed E-state index contributed by atoms with van der Waals surface area (Å²) in [5.74, 6) is 0.944. The molecule has 1 aromatic carbocycles. The molecule has 0 atom stereocenters. The number of rotatable bonds is 3. The molecule has 2 aromatic heterocycles. The third-order valence-electron chi connectivity index (χ3n) is 5.02. The van der Waals surface area contributed by atoms with Crippen LogP contribution in [0.4, 0.5) is 10.2 Å². The molecular formula is C19H21FN6O. The molecule has 3 heterocycles. The summed E-state index contributed by atoms with van der Waals surface area (Å²) in [7, 11) is 0. The number of aromatic nitrogens is 4. The third-order valence-corrected chi connectivity index (χ3v) is 5.02. The Morgan fingerprint density at radius 3 is 2.67 bits per heavy atom. The summed E-state index contributed by atoms with van der Waals surface area (Å²) in [4.78, 5) is 21.1. The molecule has 0 unspecified atom stereocenters. The number of piperazine rings is 1. The highest BCUT2D eigenvalue weighted by atomic mass is 19.1.